The molecule has 30 heavy (non-hydrogen) atoms. The van der Waals surface area contributed by atoms with Crippen molar-refractivity contribution in [3.63, 3.8) is 0 Å². The molecular formula is C21H21Cl2N5O2. The van der Waals surface area contributed by atoms with Crippen LogP contribution in [0.3, 0.4) is 0 Å². The Kier molecular flexibility index (Phi) is 6.62. The summed E-state index contributed by atoms with van der Waals surface area (Å²) in [6.45, 7) is 3.68. The molecule has 7 nitrogen and oxygen atoms in total. The van der Waals surface area contributed by atoms with E-state index >= 15 is 0 Å². The van der Waals surface area contributed by atoms with E-state index in [4.69, 9.17) is 27.7 Å². The normalized spacial score (nSPS) is 14.8. The molecule has 9 heteroatoms. The van der Waals surface area contributed by atoms with Crippen LogP contribution < -0.4 is 0 Å². The highest BCUT2D eigenvalue weighted by Gasteiger charge is 2.22. The molecule has 2 aromatic heterocycles. The van der Waals surface area contributed by atoms with E-state index < -0.39 is 0 Å². The lowest BCUT2D eigenvalue weighted by Gasteiger charge is -2.35. The maximum atomic E-state index is 12.6. The molecule has 4 rings (SSSR count). The Balaban J connectivity index is 1.25. The first-order chi connectivity index (χ1) is 14.6. The molecule has 0 saturated carbocycles. The van der Waals surface area contributed by atoms with Gasteiger partial charge in [0.15, 0.2) is 0 Å². The number of aromatic nitrogens is 3. The highest BCUT2D eigenvalue weighted by atomic mass is 35.5. The molecule has 1 amide bonds. The fourth-order valence-corrected chi connectivity index (χ4v) is 3.79. The van der Waals surface area contributed by atoms with Gasteiger partial charge in [0, 0.05) is 63.5 Å². The quantitative estimate of drug-likeness (QED) is 0.575. The van der Waals surface area contributed by atoms with Gasteiger partial charge in [-0.05, 0) is 23.8 Å². The topological polar surface area (TPSA) is 75.4 Å². The van der Waals surface area contributed by atoms with Gasteiger partial charge in [0.25, 0.3) is 0 Å². The van der Waals surface area contributed by atoms with Gasteiger partial charge in [0.2, 0.25) is 17.6 Å². The first kappa shape index (κ1) is 20.8. The number of benzene rings is 1. The van der Waals surface area contributed by atoms with Crippen LogP contribution >= 0.6 is 23.2 Å². The molecule has 1 saturated heterocycles. The maximum Gasteiger partial charge on any atom is 0.227 e. The Hall–Kier alpha value is -2.48. The van der Waals surface area contributed by atoms with E-state index in [9.17, 15) is 4.79 Å². The van der Waals surface area contributed by atoms with Gasteiger partial charge in [0.1, 0.15) is 0 Å². The smallest absolute Gasteiger partial charge is 0.227 e. The predicted octanol–water partition coefficient (Wildman–Crippen LogP) is 3.72. The maximum absolute atomic E-state index is 12.6. The van der Waals surface area contributed by atoms with Crippen molar-refractivity contribution < 1.29 is 9.32 Å². The van der Waals surface area contributed by atoms with E-state index in [1.54, 1.807) is 18.5 Å². The molecule has 1 aromatic carbocycles. The zero-order chi connectivity index (χ0) is 20.9. The standard InChI is InChI=1S/C21H21Cl2N5O2/c22-17-3-1-2-16(20(17)23)14-27-10-12-28(13-11-27)19(29)5-4-18-25-21(26-30-18)15-6-8-24-9-7-15/h1-3,6-9H,4-5,10-14H2. The molecule has 3 aromatic rings. The number of nitrogens with zero attached hydrogens (tertiary/aromatic N) is 5. The van der Waals surface area contributed by atoms with Gasteiger partial charge < -0.3 is 9.42 Å². The minimum absolute atomic E-state index is 0.0964. The average molecular weight is 446 g/mol. The number of aryl methyl sites for hydroxylation is 1. The molecule has 0 radical (unpaired) electrons. The van der Waals surface area contributed by atoms with E-state index in [2.05, 4.69) is 20.0 Å². The first-order valence-corrected chi connectivity index (χ1v) is 10.5. The van der Waals surface area contributed by atoms with Crippen molar-refractivity contribution in [1.82, 2.24) is 24.9 Å². The van der Waals surface area contributed by atoms with E-state index in [1.165, 1.54) is 0 Å². The van der Waals surface area contributed by atoms with Gasteiger partial charge in [-0.25, -0.2) is 0 Å². The van der Waals surface area contributed by atoms with Crippen LogP contribution in [-0.2, 0) is 17.8 Å². The monoisotopic (exact) mass is 445 g/mol. The summed E-state index contributed by atoms with van der Waals surface area (Å²) >= 11 is 12.4. The van der Waals surface area contributed by atoms with Gasteiger partial charge >= 0.3 is 0 Å². The second-order valence-corrected chi connectivity index (χ2v) is 7.90. The third-order valence-electron chi connectivity index (χ3n) is 5.11. The fourth-order valence-electron chi connectivity index (χ4n) is 3.41. The van der Waals surface area contributed by atoms with Gasteiger partial charge in [-0.1, -0.05) is 40.5 Å². The van der Waals surface area contributed by atoms with Crippen molar-refractivity contribution in [2.45, 2.75) is 19.4 Å². The van der Waals surface area contributed by atoms with Gasteiger partial charge in [0.05, 0.1) is 10.0 Å². The summed E-state index contributed by atoms with van der Waals surface area (Å²) in [4.78, 5) is 25.1. The molecule has 0 aliphatic carbocycles. The van der Waals surface area contributed by atoms with Crippen molar-refractivity contribution in [3.05, 3.63) is 64.2 Å². The second-order valence-electron chi connectivity index (χ2n) is 7.12. The zero-order valence-electron chi connectivity index (χ0n) is 16.3. The number of hydrogen-bond donors (Lipinski definition) is 0. The number of rotatable bonds is 6. The lowest BCUT2D eigenvalue weighted by molar-refractivity contribution is -0.133. The Labute approximate surface area is 184 Å². The summed E-state index contributed by atoms with van der Waals surface area (Å²) in [5.41, 5.74) is 1.84. The Morgan fingerprint density at radius 1 is 1.07 bits per heavy atom. The third kappa shape index (κ3) is 4.98. The largest absolute Gasteiger partial charge is 0.340 e. The highest BCUT2D eigenvalue weighted by Crippen LogP contribution is 2.26. The number of piperazine rings is 1. The molecule has 3 heterocycles. The van der Waals surface area contributed by atoms with E-state index in [0.717, 1.165) is 30.8 Å². The average Bonchev–Trinajstić information content (AvgIpc) is 3.25. The summed E-state index contributed by atoms with van der Waals surface area (Å²) in [6.07, 6.45) is 4.12. The van der Waals surface area contributed by atoms with Gasteiger partial charge in [-0.2, -0.15) is 4.98 Å². The summed E-state index contributed by atoms with van der Waals surface area (Å²) in [5, 5.41) is 5.14. The Morgan fingerprint density at radius 3 is 2.60 bits per heavy atom. The van der Waals surface area contributed by atoms with Crippen LogP contribution in [0, 0.1) is 0 Å². The molecule has 156 valence electrons. The van der Waals surface area contributed by atoms with Crippen molar-refractivity contribution in [3.8, 4) is 11.4 Å². The molecule has 0 unspecified atom stereocenters. The lowest BCUT2D eigenvalue weighted by atomic mass is 10.2. The van der Waals surface area contributed by atoms with Crippen LogP contribution in [0.4, 0.5) is 0 Å². The molecule has 0 bridgehead atoms. The molecule has 1 aliphatic heterocycles. The van der Waals surface area contributed by atoms with Crippen LogP contribution in [0.15, 0.2) is 47.2 Å². The summed E-state index contributed by atoms with van der Waals surface area (Å²) in [5.74, 6) is 1.07. The van der Waals surface area contributed by atoms with Crippen molar-refractivity contribution in [1.29, 1.82) is 0 Å². The number of carbonyl (C=O) groups is 1. The second kappa shape index (κ2) is 9.55. The van der Waals surface area contributed by atoms with Gasteiger partial charge in [-0.15, -0.1) is 0 Å². The van der Waals surface area contributed by atoms with E-state index in [-0.39, 0.29) is 5.91 Å². The van der Waals surface area contributed by atoms with Crippen molar-refractivity contribution in [2.24, 2.45) is 0 Å². The first-order valence-electron chi connectivity index (χ1n) is 9.76. The summed E-state index contributed by atoms with van der Waals surface area (Å²) in [6, 6.07) is 9.30. The van der Waals surface area contributed by atoms with Gasteiger partial charge in [-0.3, -0.25) is 14.7 Å². The van der Waals surface area contributed by atoms with E-state index in [0.29, 0.717) is 47.7 Å². The minimum atomic E-state index is 0.0964. The fraction of sp³-hybridized carbons (Fsp3) is 0.333. The Morgan fingerprint density at radius 2 is 1.83 bits per heavy atom. The highest BCUT2D eigenvalue weighted by molar-refractivity contribution is 6.42. The molecule has 1 aliphatic rings. The van der Waals surface area contributed by atoms with Crippen molar-refractivity contribution in [2.75, 3.05) is 26.2 Å². The van der Waals surface area contributed by atoms with Crippen LogP contribution in [0.1, 0.15) is 17.9 Å². The molecule has 0 atom stereocenters. The molecule has 0 N–H and O–H groups in total. The number of pyridine rings is 1. The van der Waals surface area contributed by atoms with Crippen molar-refractivity contribution >= 4 is 29.1 Å². The van der Waals surface area contributed by atoms with Crippen LogP contribution in [0.5, 0.6) is 0 Å². The third-order valence-corrected chi connectivity index (χ3v) is 5.97. The summed E-state index contributed by atoms with van der Waals surface area (Å²) < 4.78 is 5.28. The van der Waals surface area contributed by atoms with E-state index in [1.807, 2.05) is 29.2 Å². The van der Waals surface area contributed by atoms with Crippen LogP contribution in [0.25, 0.3) is 11.4 Å². The molecular weight excluding hydrogens is 425 g/mol. The predicted molar refractivity (Wildman–Crippen MR) is 114 cm³/mol. The lowest BCUT2D eigenvalue weighted by Crippen LogP contribution is -2.48. The number of amides is 1. The minimum Gasteiger partial charge on any atom is -0.340 e. The number of carbonyl (C=O) groups excluding carboxylic acids is 1. The number of hydrogen-bond acceptors (Lipinski definition) is 6. The van der Waals surface area contributed by atoms with Crippen LogP contribution in [-0.4, -0.2) is 57.0 Å². The van der Waals surface area contributed by atoms with Crippen LogP contribution in [0.2, 0.25) is 10.0 Å². The number of halogens is 2. The molecule has 1 fully saturated rings. The zero-order valence-corrected chi connectivity index (χ0v) is 17.8. The summed E-state index contributed by atoms with van der Waals surface area (Å²) in [7, 11) is 0. The SMILES string of the molecule is O=C(CCc1nc(-c2ccncc2)no1)N1CCN(Cc2cccc(Cl)c2Cl)CC1. The Bertz CT molecular complexity index is 1000. The molecule has 0 spiro atoms.